The second-order valence-corrected chi connectivity index (χ2v) is 4.30. The quantitative estimate of drug-likeness (QED) is 0.647. The molecule has 5 nitrogen and oxygen atoms in total. The zero-order valence-electron chi connectivity index (χ0n) is 8.18. The van der Waals surface area contributed by atoms with Crippen LogP contribution in [0.2, 0.25) is 5.02 Å². The number of anilines is 1. The Kier molecular flexibility index (Phi) is 3.55. The SMILES string of the molecule is NNc1ncc(Cl)c(OCc2cccs2)n1. The van der Waals surface area contributed by atoms with Crippen LogP contribution in [0.25, 0.3) is 0 Å². The number of nitrogens with one attached hydrogen (secondary N) is 1. The lowest BCUT2D eigenvalue weighted by Crippen LogP contribution is -2.11. The highest BCUT2D eigenvalue weighted by atomic mass is 35.5. The van der Waals surface area contributed by atoms with E-state index in [1.807, 2.05) is 17.5 Å². The molecule has 0 spiro atoms. The van der Waals surface area contributed by atoms with Crippen molar-refractivity contribution in [2.24, 2.45) is 5.84 Å². The molecule has 0 aliphatic rings. The molecule has 0 aliphatic heterocycles. The van der Waals surface area contributed by atoms with Crippen molar-refractivity contribution < 1.29 is 4.74 Å². The Hall–Kier alpha value is -1.37. The second kappa shape index (κ2) is 5.11. The van der Waals surface area contributed by atoms with Crippen LogP contribution in [-0.2, 0) is 6.61 Å². The molecular weight excluding hydrogens is 248 g/mol. The predicted octanol–water partition coefficient (Wildman–Crippen LogP) is 2.06. The third-order valence-corrected chi connectivity index (χ3v) is 2.88. The molecular formula is C9H9ClN4OS. The van der Waals surface area contributed by atoms with Crippen molar-refractivity contribution in [3.63, 3.8) is 0 Å². The highest BCUT2D eigenvalue weighted by molar-refractivity contribution is 7.09. The van der Waals surface area contributed by atoms with Gasteiger partial charge in [-0.05, 0) is 11.4 Å². The molecule has 7 heteroatoms. The summed E-state index contributed by atoms with van der Waals surface area (Å²) in [5.41, 5.74) is 2.33. The van der Waals surface area contributed by atoms with Crippen LogP contribution in [0.3, 0.4) is 0 Å². The van der Waals surface area contributed by atoms with Gasteiger partial charge in [-0.2, -0.15) is 4.98 Å². The predicted molar refractivity (Wildman–Crippen MR) is 63.5 cm³/mol. The number of aromatic nitrogens is 2. The number of ether oxygens (including phenoxy) is 1. The van der Waals surface area contributed by atoms with Gasteiger partial charge >= 0.3 is 0 Å². The van der Waals surface area contributed by atoms with Crippen LogP contribution in [0.15, 0.2) is 23.7 Å². The van der Waals surface area contributed by atoms with Gasteiger partial charge in [0.05, 0.1) is 6.20 Å². The molecule has 0 radical (unpaired) electrons. The average molecular weight is 257 g/mol. The molecule has 0 fully saturated rings. The van der Waals surface area contributed by atoms with Crippen molar-refractivity contribution in [1.29, 1.82) is 0 Å². The molecule has 0 amide bonds. The number of hydrogen-bond donors (Lipinski definition) is 2. The van der Waals surface area contributed by atoms with Crippen molar-refractivity contribution >= 4 is 28.9 Å². The molecule has 0 aliphatic carbocycles. The topological polar surface area (TPSA) is 73.1 Å². The zero-order chi connectivity index (χ0) is 11.4. The summed E-state index contributed by atoms with van der Waals surface area (Å²) < 4.78 is 5.46. The third kappa shape index (κ3) is 2.60. The van der Waals surface area contributed by atoms with Gasteiger partial charge in [-0.1, -0.05) is 17.7 Å². The number of hydrogen-bond acceptors (Lipinski definition) is 6. The lowest BCUT2D eigenvalue weighted by Gasteiger charge is -2.06. The van der Waals surface area contributed by atoms with Gasteiger partial charge in [0.1, 0.15) is 11.6 Å². The molecule has 0 atom stereocenters. The van der Waals surface area contributed by atoms with Gasteiger partial charge < -0.3 is 4.74 Å². The van der Waals surface area contributed by atoms with Crippen LogP contribution < -0.4 is 16.0 Å². The number of hydrazine groups is 1. The first-order chi connectivity index (χ1) is 7.79. The number of nitrogens with two attached hydrogens (primary N) is 1. The lowest BCUT2D eigenvalue weighted by atomic mass is 10.5. The Labute approximate surface area is 101 Å². The van der Waals surface area contributed by atoms with E-state index in [9.17, 15) is 0 Å². The van der Waals surface area contributed by atoms with Crippen LogP contribution in [0.1, 0.15) is 4.88 Å². The number of halogens is 1. The van der Waals surface area contributed by atoms with E-state index in [0.717, 1.165) is 4.88 Å². The highest BCUT2D eigenvalue weighted by Crippen LogP contribution is 2.23. The van der Waals surface area contributed by atoms with Crippen molar-refractivity contribution in [2.75, 3.05) is 5.43 Å². The maximum atomic E-state index is 5.88. The van der Waals surface area contributed by atoms with Crippen LogP contribution in [0, 0.1) is 0 Å². The minimum atomic E-state index is 0.269. The fourth-order valence-electron chi connectivity index (χ4n) is 1.06. The van der Waals surface area contributed by atoms with E-state index in [1.54, 1.807) is 11.3 Å². The first-order valence-electron chi connectivity index (χ1n) is 4.44. The molecule has 16 heavy (non-hydrogen) atoms. The van der Waals surface area contributed by atoms with Gasteiger partial charge in [-0.15, -0.1) is 11.3 Å². The summed E-state index contributed by atoms with van der Waals surface area (Å²) in [6.45, 7) is 0.429. The molecule has 0 saturated carbocycles. The maximum absolute atomic E-state index is 5.88. The van der Waals surface area contributed by atoms with E-state index in [4.69, 9.17) is 22.2 Å². The Morgan fingerprint density at radius 1 is 1.56 bits per heavy atom. The van der Waals surface area contributed by atoms with Crippen molar-refractivity contribution in [2.45, 2.75) is 6.61 Å². The molecule has 0 saturated heterocycles. The summed E-state index contributed by atoms with van der Waals surface area (Å²) in [5.74, 6) is 5.77. The molecule has 0 unspecified atom stereocenters. The van der Waals surface area contributed by atoms with Crippen LogP contribution >= 0.6 is 22.9 Å². The smallest absolute Gasteiger partial charge is 0.240 e. The van der Waals surface area contributed by atoms with E-state index < -0.39 is 0 Å². The molecule has 0 aromatic carbocycles. The van der Waals surface area contributed by atoms with Gasteiger partial charge in [0.15, 0.2) is 0 Å². The molecule has 2 rings (SSSR count). The van der Waals surface area contributed by atoms with Crippen LogP contribution in [0.5, 0.6) is 5.88 Å². The summed E-state index contributed by atoms with van der Waals surface area (Å²) in [6.07, 6.45) is 1.44. The fraction of sp³-hybridized carbons (Fsp3) is 0.111. The molecule has 84 valence electrons. The summed E-state index contributed by atoms with van der Waals surface area (Å²) in [4.78, 5) is 8.93. The minimum Gasteiger partial charge on any atom is -0.471 e. The largest absolute Gasteiger partial charge is 0.471 e. The van der Waals surface area contributed by atoms with Gasteiger partial charge in [0.2, 0.25) is 11.8 Å². The Balaban J connectivity index is 2.08. The second-order valence-electron chi connectivity index (χ2n) is 2.86. The normalized spacial score (nSPS) is 10.1. The Morgan fingerprint density at radius 2 is 2.44 bits per heavy atom. The first kappa shape index (κ1) is 11.1. The highest BCUT2D eigenvalue weighted by Gasteiger charge is 2.06. The van der Waals surface area contributed by atoms with E-state index >= 15 is 0 Å². The number of thiophene rings is 1. The van der Waals surface area contributed by atoms with Crippen LogP contribution in [0.4, 0.5) is 5.95 Å². The lowest BCUT2D eigenvalue weighted by molar-refractivity contribution is 0.297. The number of nitrogens with zero attached hydrogens (tertiary/aromatic N) is 2. The van der Waals surface area contributed by atoms with Crippen molar-refractivity contribution in [3.8, 4) is 5.88 Å². The first-order valence-corrected chi connectivity index (χ1v) is 5.69. The van der Waals surface area contributed by atoms with Crippen molar-refractivity contribution in [3.05, 3.63) is 33.6 Å². The number of nitrogen functional groups attached to an aromatic ring is 1. The monoisotopic (exact) mass is 256 g/mol. The van der Waals surface area contributed by atoms with E-state index in [2.05, 4.69) is 15.4 Å². The number of rotatable bonds is 4. The van der Waals surface area contributed by atoms with E-state index in [0.29, 0.717) is 17.5 Å². The van der Waals surface area contributed by atoms with Crippen molar-refractivity contribution in [1.82, 2.24) is 9.97 Å². The molecule has 2 aromatic heterocycles. The summed E-state index contributed by atoms with van der Waals surface area (Å²) >= 11 is 7.48. The third-order valence-electron chi connectivity index (χ3n) is 1.77. The van der Waals surface area contributed by atoms with Gasteiger partial charge in [-0.3, -0.25) is 5.43 Å². The summed E-state index contributed by atoms with van der Waals surface area (Å²) in [6, 6.07) is 3.93. The van der Waals surface area contributed by atoms with Gasteiger partial charge in [0, 0.05) is 4.88 Å². The molecule has 2 aromatic rings. The minimum absolute atomic E-state index is 0.269. The maximum Gasteiger partial charge on any atom is 0.240 e. The zero-order valence-corrected chi connectivity index (χ0v) is 9.76. The Morgan fingerprint density at radius 3 is 3.12 bits per heavy atom. The van der Waals surface area contributed by atoms with E-state index in [1.165, 1.54) is 6.20 Å². The Bertz CT molecular complexity index is 463. The average Bonchev–Trinajstić information content (AvgIpc) is 2.81. The molecule has 2 heterocycles. The summed E-state index contributed by atoms with van der Waals surface area (Å²) in [5, 5.41) is 2.34. The summed E-state index contributed by atoms with van der Waals surface area (Å²) in [7, 11) is 0. The fourth-order valence-corrected chi connectivity index (χ4v) is 1.82. The van der Waals surface area contributed by atoms with Gasteiger partial charge in [0.25, 0.3) is 0 Å². The molecule has 0 bridgehead atoms. The van der Waals surface area contributed by atoms with Crippen LogP contribution in [-0.4, -0.2) is 9.97 Å². The standard InChI is InChI=1S/C9H9ClN4OS/c10-7-4-12-9(14-11)13-8(7)15-5-6-2-1-3-16-6/h1-4H,5,11H2,(H,12,13,14). The van der Waals surface area contributed by atoms with Gasteiger partial charge in [-0.25, -0.2) is 10.8 Å². The molecule has 3 N–H and O–H groups in total. The van der Waals surface area contributed by atoms with E-state index in [-0.39, 0.29) is 5.95 Å².